The van der Waals surface area contributed by atoms with Gasteiger partial charge >= 0.3 is 0 Å². The lowest BCUT2D eigenvalue weighted by atomic mass is 10.2. The fraction of sp³-hybridized carbons (Fsp3) is 0.417. The van der Waals surface area contributed by atoms with Crippen molar-refractivity contribution in [3.05, 3.63) is 54.1 Å². The van der Waals surface area contributed by atoms with Gasteiger partial charge in [-0.2, -0.15) is 0 Å². The fourth-order valence-electron chi connectivity index (χ4n) is 3.63. The number of rotatable bonds is 7. The Labute approximate surface area is 207 Å². The van der Waals surface area contributed by atoms with Gasteiger partial charge in [-0.25, -0.2) is 4.99 Å². The molecule has 2 aromatic carbocycles. The minimum absolute atomic E-state index is 0. The molecule has 0 aliphatic carbocycles. The Morgan fingerprint density at radius 3 is 2.34 bits per heavy atom. The van der Waals surface area contributed by atoms with Crippen molar-refractivity contribution in [3.63, 3.8) is 0 Å². The molecular weight excluding hydrogens is 517 g/mol. The van der Waals surface area contributed by atoms with E-state index in [0.29, 0.717) is 18.7 Å². The van der Waals surface area contributed by atoms with Crippen molar-refractivity contribution in [2.24, 2.45) is 4.99 Å². The van der Waals surface area contributed by atoms with E-state index in [0.717, 1.165) is 62.0 Å². The van der Waals surface area contributed by atoms with Gasteiger partial charge in [0.15, 0.2) is 5.96 Å². The number of phenolic OH excluding ortho intramolecular Hbond substituents is 1. The molecule has 0 atom stereocenters. The fourth-order valence-corrected chi connectivity index (χ4v) is 3.63. The molecule has 0 unspecified atom stereocenters. The summed E-state index contributed by atoms with van der Waals surface area (Å²) in [7, 11) is 0. The van der Waals surface area contributed by atoms with E-state index in [4.69, 9.17) is 4.99 Å². The molecule has 8 heteroatoms. The quantitative estimate of drug-likeness (QED) is 0.275. The number of guanidine groups is 1. The SMILES string of the molecule is CCCC(=O)Nc1ccc(CN=C(NCC)N2CCN(c3ccccc3O)CC2)cc1.I. The van der Waals surface area contributed by atoms with Crippen LogP contribution in [-0.4, -0.2) is 54.6 Å². The summed E-state index contributed by atoms with van der Waals surface area (Å²) in [6, 6.07) is 15.3. The van der Waals surface area contributed by atoms with E-state index in [1.807, 2.05) is 49.4 Å². The number of amides is 1. The highest BCUT2D eigenvalue weighted by Gasteiger charge is 2.21. The number of hydrogen-bond donors (Lipinski definition) is 3. The van der Waals surface area contributed by atoms with Gasteiger partial charge in [-0.3, -0.25) is 4.79 Å². The van der Waals surface area contributed by atoms with Crippen LogP contribution >= 0.6 is 24.0 Å². The van der Waals surface area contributed by atoms with Crippen LogP contribution in [0, 0.1) is 0 Å². The van der Waals surface area contributed by atoms with E-state index < -0.39 is 0 Å². The molecule has 0 aromatic heterocycles. The maximum atomic E-state index is 11.7. The normalized spacial score (nSPS) is 14.0. The largest absolute Gasteiger partial charge is 0.506 e. The molecule has 3 N–H and O–H groups in total. The van der Waals surface area contributed by atoms with Gasteiger partial charge in [-0.1, -0.05) is 31.2 Å². The number of carbonyl (C=O) groups is 1. The van der Waals surface area contributed by atoms with Crippen molar-refractivity contribution in [2.45, 2.75) is 33.2 Å². The molecule has 0 spiro atoms. The maximum Gasteiger partial charge on any atom is 0.224 e. The van der Waals surface area contributed by atoms with Gasteiger partial charge in [-0.15, -0.1) is 24.0 Å². The standard InChI is InChI=1S/C24H33N5O2.HI/c1-3-7-23(31)27-20-12-10-19(11-13-20)18-26-24(25-4-2)29-16-14-28(15-17-29)21-8-5-6-9-22(21)30;/h5-6,8-13,30H,3-4,7,14-18H2,1-2H3,(H,25,26)(H,27,31);1H. The zero-order valence-corrected chi connectivity index (χ0v) is 21.2. The molecule has 174 valence electrons. The van der Waals surface area contributed by atoms with Gasteiger partial charge in [-0.05, 0) is 43.2 Å². The van der Waals surface area contributed by atoms with Crippen LogP contribution in [0.3, 0.4) is 0 Å². The summed E-state index contributed by atoms with van der Waals surface area (Å²) in [6.07, 6.45) is 1.38. The first-order valence-electron chi connectivity index (χ1n) is 11.1. The zero-order chi connectivity index (χ0) is 22.1. The lowest BCUT2D eigenvalue weighted by molar-refractivity contribution is -0.116. The molecular formula is C24H34IN5O2. The molecule has 1 saturated heterocycles. The van der Waals surface area contributed by atoms with Crippen molar-refractivity contribution in [3.8, 4) is 5.75 Å². The number of piperazine rings is 1. The Hall–Kier alpha value is -2.49. The lowest BCUT2D eigenvalue weighted by Crippen LogP contribution is -2.52. The molecule has 0 radical (unpaired) electrons. The topological polar surface area (TPSA) is 80.2 Å². The molecule has 2 aromatic rings. The maximum absolute atomic E-state index is 11.7. The second kappa shape index (κ2) is 13.1. The monoisotopic (exact) mass is 551 g/mol. The van der Waals surface area contributed by atoms with E-state index in [1.54, 1.807) is 6.07 Å². The Bertz CT molecular complexity index is 880. The molecule has 32 heavy (non-hydrogen) atoms. The van der Waals surface area contributed by atoms with E-state index in [1.165, 1.54) is 0 Å². The first kappa shape index (κ1) is 25.8. The summed E-state index contributed by atoms with van der Waals surface area (Å²) in [5, 5.41) is 16.4. The van der Waals surface area contributed by atoms with Crippen LogP contribution in [0.2, 0.25) is 0 Å². The average Bonchev–Trinajstić information content (AvgIpc) is 2.78. The van der Waals surface area contributed by atoms with E-state index >= 15 is 0 Å². The number of nitrogens with zero attached hydrogens (tertiary/aromatic N) is 3. The van der Waals surface area contributed by atoms with Gasteiger partial charge in [0.05, 0.1) is 12.2 Å². The van der Waals surface area contributed by atoms with Crippen LogP contribution in [0.4, 0.5) is 11.4 Å². The van der Waals surface area contributed by atoms with Crippen LogP contribution in [0.15, 0.2) is 53.5 Å². The zero-order valence-electron chi connectivity index (χ0n) is 18.9. The first-order chi connectivity index (χ1) is 15.1. The van der Waals surface area contributed by atoms with Crippen LogP contribution in [0.25, 0.3) is 0 Å². The second-order valence-electron chi connectivity index (χ2n) is 7.63. The number of aliphatic imine (C=N–C) groups is 1. The number of phenols is 1. The third-order valence-corrected chi connectivity index (χ3v) is 5.26. The minimum Gasteiger partial charge on any atom is -0.506 e. The molecule has 1 aliphatic heterocycles. The van der Waals surface area contributed by atoms with Crippen LogP contribution in [0.1, 0.15) is 32.3 Å². The van der Waals surface area contributed by atoms with Crippen molar-refractivity contribution in [1.82, 2.24) is 10.2 Å². The minimum atomic E-state index is 0. The third-order valence-electron chi connectivity index (χ3n) is 5.26. The molecule has 1 aliphatic rings. The summed E-state index contributed by atoms with van der Waals surface area (Å²) in [4.78, 5) is 21.0. The van der Waals surface area contributed by atoms with Crippen molar-refractivity contribution >= 4 is 47.2 Å². The van der Waals surface area contributed by atoms with Crippen molar-refractivity contribution < 1.29 is 9.90 Å². The molecule has 0 saturated carbocycles. The van der Waals surface area contributed by atoms with Gasteiger partial charge in [0.25, 0.3) is 0 Å². The van der Waals surface area contributed by atoms with Crippen LogP contribution in [0.5, 0.6) is 5.75 Å². The number of anilines is 2. The smallest absolute Gasteiger partial charge is 0.224 e. The summed E-state index contributed by atoms with van der Waals surface area (Å²) in [6.45, 7) is 8.77. The third kappa shape index (κ3) is 7.29. The van der Waals surface area contributed by atoms with E-state index in [-0.39, 0.29) is 29.9 Å². The molecule has 7 nitrogen and oxygen atoms in total. The molecule has 1 heterocycles. The Kier molecular flexibility index (Phi) is 10.6. The number of hydrogen-bond acceptors (Lipinski definition) is 4. The first-order valence-corrected chi connectivity index (χ1v) is 11.1. The predicted octanol–water partition coefficient (Wildman–Crippen LogP) is 4.04. The highest BCUT2D eigenvalue weighted by Crippen LogP contribution is 2.27. The number of carbonyl (C=O) groups excluding carboxylic acids is 1. The predicted molar refractivity (Wildman–Crippen MR) is 142 cm³/mol. The summed E-state index contributed by atoms with van der Waals surface area (Å²) in [5.41, 5.74) is 2.80. The molecule has 1 fully saturated rings. The van der Waals surface area contributed by atoms with Crippen molar-refractivity contribution in [1.29, 1.82) is 0 Å². The summed E-state index contributed by atoms with van der Waals surface area (Å²) >= 11 is 0. The Balaban J connectivity index is 0.00000363. The molecule has 3 rings (SSSR count). The summed E-state index contributed by atoms with van der Waals surface area (Å²) in [5.74, 6) is 1.27. The Morgan fingerprint density at radius 2 is 1.72 bits per heavy atom. The number of aromatic hydroxyl groups is 1. The summed E-state index contributed by atoms with van der Waals surface area (Å²) < 4.78 is 0. The van der Waals surface area contributed by atoms with Gasteiger partial charge in [0, 0.05) is 44.8 Å². The number of para-hydroxylation sites is 2. The molecule has 1 amide bonds. The Morgan fingerprint density at radius 1 is 1.03 bits per heavy atom. The van der Waals surface area contributed by atoms with Crippen LogP contribution in [-0.2, 0) is 11.3 Å². The van der Waals surface area contributed by atoms with E-state index in [2.05, 4.69) is 27.4 Å². The van der Waals surface area contributed by atoms with Gasteiger partial charge in [0.2, 0.25) is 5.91 Å². The number of halogens is 1. The average molecular weight is 551 g/mol. The molecule has 0 bridgehead atoms. The number of benzene rings is 2. The number of nitrogens with one attached hydrogen (secondary N) is 2. The highest BCUT2D eigenvalue weighted by molar-refractivity contribution is 14.0. The van der Waals surface area contributed by atoms with Gasteiger partial charge < -0.3 is 25.5 Å². The highest BCUT2D eigenvalue weighted by atomic mass is 127. The van der Waals surface area contributed by atoms with Gasteiger partial charge in [0.1, 0.15) is 5.75 Å². The van der Waals surface area contributed by atoms with E-state index in [9.17, 15) is 9.90 Å². The lowest BCUT2D eigenvalue weighted by Gasteiger charge is -2.37. The van der Waals surface area contributed by atoms with Crippen molar-refractivity contribution in [2.75, 3.05) is 42.9 Å². The second-order valence-corrected chi connectivity index (χ2v) is 7.63. The van der Waals surface area contributed by atoms with Crippen LogP contribution < -0.4 is 15.5 Å².